The Kier molecular flexibility index (Phi) is 6.23. The van der Waals surface area contributed by atoms with Crippen LogP contribution in [0.3, 0.4) is 0 Å². The van der Waals surface area contributed by atoms with Gasteiger partial charge in [-0.1, -0.05) is 17.8 Å². The zero-order valence-corrected chi connectivity index (χ0v) is 16.7. The van der Waals surface area contributed by atoms with E-state index in [4.69, 9.17) is 14.2 Å². The highest BCUT2D eigenvalue weighted by Crippen LogP contribution is 2.40. The van der Waals surface area contributed by atoms with Crippen molar-refractivity contribution in [3.05, 3.63) is 70.1 Å². The van der Waals surface area contributed by atoms with Gasteiger partial charge in [0.25, 0.3) is 0 Å². The molecule has 8 heteroatoms. The van der Waals surface area contributed by atoms with E-state index in [0.717, 1.165) is 11.8 Å². The predicted octanol–water partition coefficient (Wildman–Crippen LogP) is 4.65. The molecule has 150 valence electrons. The van der Waals surface area contributed by atoms with E-state index in [1.54, 1.807) is 30.3 Å². The highest BCUT2D eigenvalue weighted by Gasteiger charge is 2.33. The van der Waals surface area contributed by atoms with E-state index in [1.165, 1.54) is 39.5 Å². The van der Waals surface area contributed by atoms with Gasteiger partial charge in [-0.3, -0.25) is 0 Å². The van der Waals surface area contributed by atoms with Gasteiger partial charge in [-0.25, -0.2) is 14.2 Å². The van der Waals surface area contributed by atoms with E-state index >= 15 is 0 Å². The number of carbonyl (C=O) groups excluding carboxylic acids is 1. The van der Waals surface area contributed by atoms with Gasteiger partial charge in [0.05, 0.1) is 31.9 Å². The quantitative estimate of drug-likeness (QED) is 0.717. The second-order valence-electron chi connectivity index (χ2n) is 5.87. The lowest BCUT2D eigenvalue weighted by atomic mass is 10.1. The van der Waals surface area contributed by atoms with Crippen molar-refractivity contribution in [2.24, 2.45) is 4.99 Å². The third kappa shape index (κ3) is 4.60. The second kappa shape index (κ2) is 8.83. The summed E-state index contributed by atoms with van der Waals surface area (Å²) in [5, 5.41) is 10.8. The molecule has 0 aromatic heterocycles. The van der Waals surface area contributed by atoms with Crippen molar-refractivity contribution in [1.29, 1.82) is 0 Å². The van der Waals surface area contributed by atoms with Gasteiger partial charge < -0.3 is 19.3 Å². The van der Waals surface area contributed by atoms with Gasteiger partial charge in [0.2, 0.25) is 0 Å². The lowest BCUT2D eigenvalue weighted by molar-refractivity contribution is -0.135. The number of methoxy groups -OCH3 is 3. The number of halogens is 1. The van der Waals surface area contributed by atoms with E-state index in [9.17, 15) is 14.3 Å². The van der Waals surface area contributed by atoms with Crippen molar-refractivity contribution >= 4 is 34.5 Å². The van der Waals surface area contributed by atoms with Crippen molar-refractivity contribution in [1.82, 2.24) is 0 Å². The molecular formula is C21H18FNO5S. The van der Waals surface area contributed by atoms with Crippen LogP contribution in [0.2, 0.25) is 0 Å². The van der Waals surface area contributed by atoms with Crippen LogP contribution < -0.4 is 9.47 Å². The van der Waals surface area contributed by atoms with Gasteiger partial charge in [-0.05, 0) is 42.0 Å². The lowest BCUT2D eigenvalue weighted by Crippen LogP contribution is -2.10. The highest BCUT2D eigenvalue weighted by molar-refractivity contribution is 8.18. The van der Waals surface area contributed by atoms with E-state index in [0.29, 0.717) is 27.7 Å². The minimum absolute atomic E-state index is 0.0807. The van der Waals surface area contributed by atoms with Crippen molar-refractivity contribution < 1.29 is 28.5 Å². The molecule has 0 aliphatic carbocycles. The molecule has 0 saturated carbocycles. The molecule has 2 aromatic rings. The molecule has 0 spiro atoms. The number of ether oxygens (including phenoxy) is 3. The summed E-state index contributed by atoms with van der Waals surface area (Å²) in [5.41, 5.74) is 0.917. The first-order valence-electron chi connectivity index (χ1n) is 8.44. The average molecular weight is 415 g/mol. The largest absolute Gasteiger partial charge is 0.506 e. The van der Waals surface area contributed by atoms with Crippen LogP contribution in [0.5, 0.6) is 11.5 Å². The van der Waals surface area contributed by atoms with Crippen molar-refractivity contribution in [3.8, 4) is 11.5 Å². The Labute approximate surface area is 171 Å². The molecule has 1 aliphatic rings. The molecule has 1 aliphatic heterocycles. The maximum atomic E-state index is 13.5. The molecule has 0 atom stereocenters. The normalized spacial score (nSPS) is 16.4. The molecule has 0 saturated heterocycles. The summed E-state index contributed by atoms with van der Waals surface area (Å²) in [4.78, 5) is 16.9. The van der Waals surface area contributed by atoms with Gasteiger partial charge in [0.1, 0.15) is 33.7 Å². The summed E-state index contributed by atoms with van der Waals surface area (Å²) in [6.07, 6.45) is 1.67. The van der Waals surface area contributed by atoms with Gasteiger partial charge in [-0.15, -0.1) is 0 Å². The fourth-order valence-electron chi connectivity index (χ4n) is 2.62. The van der Waals surface area contributed by atoms with Crippen molar-refractivity contribution in [3.63, 3.8) is 0 Å². The summed E-state index contributed by atoms with van der Waals surface area (Å²) in [5.74, 6) is -0.313. The Hall–Kier alpha value is -3.26. The summed E-state index contributed by atoms with van der Waals surface area (Å²) in [6, 6.07) is 10.9. The molecule has 1 heterocycles. The molecule has 0 radical (unpaired) electrons. The van der Waals surface area contributed by atoms with Crippen molar-refractivity contribution in [2.45, 2.75) is 0 Å². The zero-order valence-electron chi connectivity index (χ0n) is 15.9. The number of nitrogens with zero attached hydrogens (tertiary/aromatic N) is 1. The SMILES string of the molecule is COC(=O)C1=C(O)/C(=C\c2cc(OC)cc(OC)c2)SC1=Nc1cccc(F)c1. The molecule has 29 heavy (non-hydrogen) atoms. The predicted molar refractivity (Wildman–Crippen MR) is 110 cm³/mol. The zero-order chi connectivity index (χ0) is 21.0. The summed E-state index contributed by atoms with van der Waals surface area (Å²) < 4.78 is 28.8. The van der Waals surface area contributed by atoms with Crippen LogP contribution in [-0.2, 0) is 9.53 Å². The number of aliphatic imine (C=N–C) groups is 1. The Morgan fingerprint density at radius 3 is 2.38 bits per heavy atom. The fraction of sp³-hybridized carbons (Fsp3) is 0.143. The number of aliphatic hydroxyl groups is 1. The Balaban J connectivity index is 2.07. The number of thioether (sulfide) groups is 1. The first-order chi connectivity index (χ1) is 13.9. The molecular weight excluding hydrogens is 397 g/mol. The van der Waals surface area contributed by atoms with E-state index < -0.39 is 11.8 Å². The monoisotopic (exact) mass is 415 g/mol. The van der Waals surface area contributed by atoms with E-state index in [1.807, 2.05) is 0 Å². The number of aliphatic hydroxyl groups excluding tert-OH is 1. The van der Waals surface area contributed by atoms with Crippen LogP contribution in [0.15, 0.2) is 63.7 Å². The maximum absolute atomic E-state index is 13.5. The maximum Gasteiger partial charge on any atom is 0.344 e. The Bertz CT molecular complexity index is 1020. The molecule has 0 fully saturated rings. The van der Waals surface area contributed by atoms with E-state index in [2.05, 4.69) is 4.99 Å². The Morgan fingerprint density at radius 1 is 1.10 bits per heavy atom. The molecule has 2 aromatic carbocycles. The minimum atomic E-state index is -0.739. The number of esters is 1. The third-order valence-corrected chi connectivity index (χ3v) is 5.01. The first-order valence-corrected chi connectivity index (χ1v) is 9.26. The van der Waals surface area contributed by atoms with Gasteiger partial charge in [0, 0.05) is 6.07 Å². The highest BCUT2D eigenvalue weighted by atomic mass is 32.2. The summed E-state index contributed by atoms with van der Waals surface area (Å²) in [7, 11) is 4.28. The van der Waals surface area contributed by atoms with Crippen LogP contribution in [0.25, 0.3) is 6.08 Å². The average Bonchev–Trinajstić information content (AvgIpc) is 3.01. The van der Waals surface area contributed by atoms with Gasteiger partial charge >= 0.3 is 5.97 Å². The summed E-state index contributed by atoms with van der Waals surface area (Å²) in [6.45, 7) is 0. The third-order valence-electron chi connectivity index (χ3n) is 3.99. The Morgan fingerprint density at radius 2 is 1.79 bits per heavy atom. The van der Waals surface area contributed by atoms with Gasteiger partial charge in [-0.2, -0.15) is 0 Å². The van der Waals surface area contributed by atoms with Crippen LogP contribution in [-0.4, -0.2) is 37.4 Å². The summed E-state index contributed by atoms with van der Waals surface area (Å²) >= 11 is 1.08. The van der Waals surface area contributed by atoms with Gasteiger partial charge in [0.15, 0.2) is 0 Å². The van der Waals surface area contributed by atoms with Crippen LogP contribution in [0.4, 0.5) is 10.1 Å². The second-order valence-corrected chi connectivity index (χ2v) is 6.90. The number of rotatable bonds is 5. The lowest BCUT2D eigenvalue weighted by Gasteiger charge is -2.06. The number of carbonyl (C=O) groups is 1. The fourth-order valence-corrected chi connectivity index (χ4v) is 3.65. The molecule has 0 amide bonds. The molecule has 6 nitrogen and oxygen atoms in total. The van der Waals surface area contributed by atoms with E-state index in [-0.39, 0.29) is 16.4 Å². The molecule has 0 bridgehead atoms. The molecule has 3 rings (SSSR count). The topological polar surface area (TPSA) is 77.4 Å². The number of hydrogen-bond acceptors (Lipinski definition) is 7. The van der Waals surface area contributed by atoms with Crippen LogP contribution in [0, 0.1) is 5.82 Å². The molecule has 1 N–H and O–H groups in total. The number of benzene rings is 2. The van der Waals surface area contributed by atoms with Crippen LogP contribution >= 0.6 is 11.8 Å². The standard InChI is InChI=1S/C21H18FNO5S/c1-26-15-7-12(8-16(11-15)27-2)9-17-19(24)18(21(25)28-3)20(29-17)23-14-6-4-5-13(22)10-14/h4-11,24H,1-3H3/b17-9+,23-20?. The first kappa shape index (κ1) is 20.5. The smallest absolute Gasteiger partial charge is 0.344 e. The number of hydrogen-bond donors (Lipinski definition) is 1. The van der Waals surface area contributed by atoms with Crippen molar-refractivity contribution in [2.75, 3.05) is 21.3 Å². The molecule has 0 unspecified atom stereocenters. The minimum Gasteiger partial charge on any atom is -0.506 e. The van der Waals surface area contributed by atoms with Crippen LogP contribution in [0.1, 0.15) is 5.56 Å².